The normalized spacial score (nSPS) is 10.5. The van der Waals surface area contributed by atoms with Crippen molar-refractivity contribution in [3.63, 3.8) is 0 Å². The van der Waals surface area contributed by atoms with Crippen LogP contribution < -0.4 is 5.73 Å². The Hall–Kier alpha value is -2.08. The van der Waals surface area contributed by atoms with E-state index in [1.165, 1.54) is 23.9 Å². The maximum atomic E-state index is 13.7. The van der Waals surface area contributed by atoms with Gasteiger partial charge in [0.2, 0.25) is 0 Å². The second-order valence-electron chi connectivity index (χ2n) is 4.30. The average Bonchev–Trinajstić information content (AvgIpc) is 2.39. The Morgan fingerprint density at radius 2 is 2.10 bits per heavy atom. The number of hydrogen-bond acceptors (Lipinski definition) is 4. The van der Waals surface area contributed by atoms with Crippen LogP contribution in [0.4, 0.5) is 15.8 Å². The number of nitrogen functional groups attached to an aromatic ring is 1. The molecule has 0 unspecified atom stereocenters. The van der Waals surface area contributed by atoms with E-state index in [2.05, 4.69) is 0 Å². The Morgan fingerprint density at radius 3 is 2.75 bits per heavy atom. The summed E-state index contributed by atoms with van der Waals surface area (Å²) in [4.78, 5) is 10.9. The van der Waals surface area contributed by atoms with Gasteiger partial charge in [0.15, 0.2) is 0 Å². The number of benzene rings is 2. The molecular formula is C14H13FN2O2S. The van der Waals surface area contributed by atoms with Gasteiger partial charge >= 0.3 is 0 Å². The molecule has 0 bridgehead atoms. The molecule has 0 spiro atoms. The molecule has 0 atom stereocenters. The third-order valence-corrected chi connectivity index (χ3v) is 4.05. The first kappa shape index (κ1) is 14.3. The summed E-state index contributed by atoms with van der Waals surface area (Å²) in [7, 11) is 0. The molecule has 0 heterocycles. The van der Waals surface area contributed by atoms with Gasteiger partial charge in [0.1, 0.15) is 5.82 Å². The summed E-state index contributed by atoms with van der Waals surface area (Å²) in [5.41, 5.74) is 7.38. The minimum absolute atomic E-state index is 0.0841. The number of nitro benzene ring substituents is 1. The molecule has 2 aromatic rings. The van der Waals surface area contributed by atoms with Crippen molar-refractivity contribution in [2.45, 2.75) is 17.6 Å². The number of hydrogen-bond donors (Lipinski definition) is 1. The van der Waals surface area contributed by atoms with Crippen LogP contribution >= 0.6 is 11.8 Å². The van der Waals surface area contributed by atoms with E-state index in [1.54, 1.807) is 25.1 Å². The van der Waals surface area contributed by atoms with Crippen LogP contribution in [-0.2, 0) is 5.75 Å². The Morgan fingerprint density at radius 1 is 1.35 bits per heavy atom. The monoisotopic (exact) mass is 292 g/mol. The largest absolute Gasteiger partial charge is 0.399 e. The SMILES string of the molecule is Cc1c(CSc2ccc(N)cc2F)cccc1[N+](=O)[O-]. The lowest BCUT2D eigenvalue weighted by molar-refractivity contribution is -0.385. The molecule has 0 radical (unpaired) electrons. The first-order valence-electron chi connectivity index (χ1n) is 5.89. The highest BCUT2D eigenvalue weighted by atomic mass is 32.2. The van der Waals surface area contributed by atoms with Crippen LogP contribution in [-0.4, -0.2) is 4.92 Å². The zero-order chi connectivity index (χ0) is 14.7. The Labute approximate surface area is 119 Å². The van der Waals surface area contributed by atoms with E-state index >= 15 is 0 Å². The zero-order valence-electron chi connectivity index (χ0n) is 10.8. The van der Waals surface area contributed by atoms with Gasteiger partial charge in [-0.1, -0.05) is 12.1 Å². The molecule has 0 aliphatic rings. The quantitative estimate of drug-likeness (QED) is 0.401. The lowest BCUT2D eigenvalue weighted by atomic mass is 10.1. The number of nitrogens with zero attached hydrogens (tertiary/aromatic N) is 1. The average molecular weight is 292 g/mol. The van der Waals surface area contributed by atoms with Gasteiger partial charge in [-0.2, -0.15) is 0 Å². The van der Waals surface area contributed by atoms with Crippen molar-refractivity contribution < 1.29 is 9.31 Å². The van der Waals surface area contributed by atoms with E-state index in [-0.39, 0.29) is 11.5 Å². The van der Waals surface area contributed by atoms with E-state index in [4.69, 9.17) is 5.73 Å². The van der Waals surface area contributed by atoms with Crippen LogP contribution in [0.1, 0.15) is 11.1 Å². The van der Waals surface area contributed by atoms with Crippen molar-refractivity contribution in [1.82, 2.24) is 0 Å². The Kier molecular flexibility index (Phi) is 4.24. The maximum absolute atomic E-state index is 13.7. The van der Waals surface area contributed by atoms with E-state index in [9.17, 15) is 14.5 Å². The number of nitrogens with two attached hydrogens (primary N) is 1. The smallest absolute Gasteiger partial charge is 0.272 e. The fraction of sp³-hybridized carbons (Fsp3) is 0.143. The number of halogens is 1. The number of anilines is 1. The molecule has 6 heteroatoms. The molecule has 2 aromatic carbocycles. The molecule has 104 valence electrons. The predicted octanol–water partition coefficient (Wildman–Crippen LogP) is 3.92. The van der Waals surface area contributed by atoms with Crippen molar-refractivity contribution in [2.75, 3.05) is 5.73 Å². The second kappa shape index (κ2) is 5.92. The molecule has 0 aromatic heterocycles. The minimum atomic E-state index is -0.409. The number of rotatable bonds is 4. The first-order chi connectivity index (χ1) is 9.49. The summed E-state index contributed by atoms with van der Waals surface area (Å²) in [5.74, 6) is 0.0898. The van der Waals surface area contributed by atoms with Crippen molar-refractivity contribution >= 4 is 23.1 Å². The van der Waals surface area contributed by atoms with Crippen molar-refractivity contribution in [1.29, 1.82) is 0 Å². The van der Waals surface area contributed by atoms with Gasteiger partial charge in [0, 0.05) is 28.0 Å². The van der Waals surface area contributed by atoms with E-state index in [0.717, 1.165) is 5.56 Å². The number of nitro groups is 1. The third-order valence-electron chi connectivity index (χ3n) is 2.95. The second-order valence-corrected chi connectivity index (χ2v) is 5.31. The standard InChI is InChI=1S/C14H13FN2O2S/c1-9-10(3-2-4-13(9)17(18)19)8-20-14-6-5-11(16)7-12(14)15/h2-7H,8,16H2,1H3. The van der Waals surface area contributed by atoms with Gasteiger partial charge < -0.3 is 5.73 Å². The molecule has 0 saturated heterocycles. The zero-order valence-corrected chi connectivity index (χ0v) is 11.6. The van der Waals surface area contributed by atoms with Crippen molar-refractivity contribution in [3.05, 3.63) is 63.5 Å². The summed E-state index contributed by atoms with van der Waals surface area (Å²) in [5, 5.41) is 10.9. The lowest BCUT2D eigenvalue weighted by Gasteiger charge is -2.07. The highest BCUT2D eigenvalue weighted by molar-refractivity contribution is 7.98. The summed E-state index contributed by atoms with van der Waals surface area (Å²) in [6.45, 7) is 1.70. The molecule has 2 N–H and O–H groups in total. The van der Waals surface area contributed by atoms with Crippen molar-refractivity contribution in [3.8, 4) is 0 Å². The van der Waals surface area contributed by atoms with E-state index < -0.39 is 4.92 Å². The first-order valence-corrected chi connectivity index (χ1v) is 6.88. The highest BCUT2D eigenvalue weighted by Crippen LogP contribution is 2.30. The Balaban J connectivity index is 2.19. The fourth-order valence-electron chi connectivity index (χ4n) is 1.81. The van der Waals surface area contributed by atoms with Crippen LogP contribution in [0.5, 0.6) is 0 Å². The molecule has 0 fully saturated rings. The molecule has 4 nitrogen and oxygen atoms in total. The number of thioether (sulfide) groups is 1. The van der Waals surface area contributed by atoms with E-state index in [0.29, 0.717) is 21.9 Å². The topological polar surface area (TPSA) is 69.2 Å². The van der Waals surface area contributed by atoms with Crippen LogP contribution in [0.2, 0.25) is 0 Å². The van der Waals surface area contributed by atoms with Gasteiger partial charge in [-0.25, -0.2) is 4.39 Å². The van der Waals surface area contributed by atoms with Crippen LogP contribution in [0.25, 0.3) is 0 Å². The summed E-state index contributed by atoms with van der Waals surface area (Å²) >= 11 is 1.29. The van der Waals surface area contributed by atoms with Crippen LogP contribution in [0.15, 0.2) is 41.3 Å². The summed E-state index contributed by atoms with van der Waals surface area (Å²) in [6.07, 6.45) is 0. The predicted molar refractivity (Wildman–Crippen MR) is 78.2 cm³/mol. The third kappa shape index (κ3) is 3.08. The molecule has 0 saturated carbocycles. The molecule has 20 heavy (non-hydrogen) atoms. The van der Waals surface area contributed by atoms with Crippen LogP contribution in [0, 0.1) is 22.9 Å². The van der Waals surface area contributed by atoms with Crippen LogP contribution in [0.3, 0.4) is 0 Å². The molecule has 0 aliphatic carbocycles. The Bertz CT molecular complexity index is 662. The van der Waals surface area contributed by atoms with Gasteiger partial charge in [-0.15, -0.1) is 11.8 Å². The van der Waals surface area contributed by atoms with Gasteiger partial charge in [-0.3, -0.25) is 10.1 Å². The lowest BCUT2D eigenvalue weighted by Crippen LogP contribution is -1.95. The maximum Gasteiger partial charge on any atom is 0.272 e. The van der Waals surface area contributed by atoms with Gasteiger partial charge in [-0.05, 0) is 30.7 Å². The molecular weight excluding hydrogens is 279 g/mol. The van der Waals surface area contributed by atoms with Crippen molar-refractivity contribution in [2.24, 2.45) is 0 Å². The summed E-state index contributed by atoms with van der Waals surface area (Å²) in [6, 6.07) is 9.43. The molecule has 0 amide bonds. The molecule has 2 rings (SSSR count). The minimum Gasteiger partial charge on any atom is -0.399 e. The summed E-state index contributed by atoms with van der Waals surface area (Å²) < 4.78 is 13.7. The van der Waals surface area contributed by atoms with E-state index in [1.807, 2.05) is 6.07 Å². The fourth-order valence-corrected chi connectivity index (χ4v) is 2.80. The van der Waals surface area contributed by atoms with Gasteiger partial charge in [0.25, 0.3) is 5.69 Å². The van der Waals surface area contributed by atoms with Gasteiger partial charge in [0.05, 0.1) is 4.92 Å². The molecule has 0 aliphatic heterocycles. The highest BCUT2D eigenvalue weighted by Gasteiger charge is 2.13.